The van der Waals surface area contributed by atoms with Gasteiger partial charge in [0.05, 0.1) is 27.8 Å². The summed E-state index contributed by atoms with van der Waals surface area (Å²) in [5.41, 5.74) is -0.297. The molecule has 0 unspecified atom stereocenters. The van der Waals surface area contributed by atoms with Crippen LogP contribution in [-0.4, -0.2) is 48.2 Å². The van der Waals surface area contributed by atoms with Crippen LogP contribution in [0, 0.1) is 17.2 Å². The van der Waals surface area contributed by atoms with Crippen LogP contribution in [0.2, 0.25) is 5.02 Å². The fourth-order valence-electron chi connectivity index (χ4n) is 3.05. The summed E-state index contributed by atoms with van der Waals surface area (Å²) in [6.45, 7) is 0.225. The van der Waals surface area contributed by atoms with Gasteiger partial charge in [0.2, 0.25) is 5.88 Å². The highest BCUT2D eigenvalue weighted by atomic mass is 35.5. The second-order valence-electron chi connectivity index (χ2n) is 6.66. The molecule has 3 N–H and O–H groups in total. The Bertz CT molecular complexity index is 1080. The van der Waals surface area contributed by atoms with Crippen molar-refractivity contribution in [1.29, 1.82) is 5.26 Å². The summed E-state index contributed by atoms with van der Waals surface area (Å²) in [4.78, 5) is 20.6. The second kappa shape index (κ2) is 11.3. The molecule has 1 fully saturated rings. The predicted molar refractivity (Wildman–Crippen MR) is 112 cm³/mol. The summed E-state index contributed by atoms with van der Waals surface area (Å²) in [7, 11) is -3.44. The third-order valence-corrected chi connectivity index (χ3v) is 7.23. The highest BCUT2D eigenvalue weighted by molar-refractivity contribution is 7.92. The number of aromatic amines is 1. The van der Waals surface area contributed by atoms with Gasteiger partial charge in [-0.25, -0.2) is 18.3 Å². The Morgan fingerprint density at radius 2 is 2.06 bits per heavy atom. The van der Waals surface area contributed by atoms with E-state index in [9.17, 15) is 18.0 Å². The summed E-state index contributed by atoms with van der Waals surface area (Å²) in [5.74, 6) is 0.452. The van der Waals surface area contributed by atoms with Gasteiger partial charge >= 0.3 is 6.09 Å². The number of sulfone groups is 1. The number of carbonyl (C=O) groups is 1. The van der Waals surface area contributed by atoms with E-state index < -0.39 is 21.2 Å². The summed E-state index contributed by atoms with van der Waals surface area (Å²) in [5, 5.41) is 23.2. The van der Waals surface area contributed by atoms with E-state index in [-0.39, 0.29) is 27.9 Å². The van der Waals surface area contributed by atoms with E-state index in [1.54, 1.807) is 30.3 Å². The summed E-state index contributed by atoms with van der Waals surface area (Å²) >= 11 is 6.04. The molecule has 12 heteroatoms. The SMILES string of the molecule is N#CCNC(=O)O.O=c1ccc(OC[C@@H]2CC[C@H](S(=O)(=O)c3ccccc3Cl)C2)n[nH]1. The molecule has 31 heavy (non-hydrogen) atoms. The number of nitriles is 1. The molecule has 0 radical (unpaired) electrons. The molecule has 1 amide bonds. The van der Waals surface area contributed by atoms with E-state index in [1.165, 1.54) is 12.1 Å². The van der Waals surface area contributed by atoms with Gasteiger partial charge in [-0.1, -0.05) is 23.7 Å². The molecule has 166 valence electrons. The van der Waals surface area contributed by atoms with Gasteiger partial charge in [0.15, 0.2) is 9.84 Å². The molecule has 0 bridgehead atoms. The number of amides is 1. The largest absolute Gasteiger partial charge is 0.476 e. The van der Waals surface area contributed by atoms with Crippen molar-refractivity contribution in [1.82, 2.24) is 15.5 Å². The van der Waals surface area contributed by atoms with Crippen molar-refractivity contribution in [3.05, 3.63) is 51.8 Å². The van der Waals surface area contributed by atoms with Crippen LogP contribution in [0.15, 0.2) is 46.1 Å². The number of carboxylic acid groups (broad SMARTS) is 1. The van der Waals surface area contributed by atoms with Gasteiger partial charge < -0.3 is 15.2 Å². The molecule has 2 aromatic rings. The first kappa shape index (κ1) is 24.2. The van der Waals surface area contributed by atoms with Crippen molar-refractivity contribution in [3.63, 3.8) is 0 Å². The number of nitrogens with one attached hydrogen (secondary N) is 2. The average molecular weight is 469 g/mol. The molecule has 1 aromatic heterocycles. The minimum atomic E-state index is -3.44. The quantitative estimate of drug-likeness (QED) is 0.543. The van der Waals surface area contributed by atoms with Gasteiger partial charge in [-0.2, -0.15) is 5.26 Å². The van der Waals surface area contributed by atoms with Crippen LogP contribution in [0.4, 0.5) is 4.79 Å². The number of rotatable bonds is 6. The molecular formula is C19H21ClN4O6S. The molecular weight excluding hydrogens is 448 g/mol. The van der Waals surface area contributed by atoms with Crippen LogP contribution in [0.5, 0.6) is 5.88 Å². The third kappa shape index (κ3) is 7.27. The van der Waals surface area contributed by atoms with E-state index in [1.807, 2.05) is 5.32 Å². The van der Waals surface area contributed by atoms with Crippen molar-refractivity contribution in [2.75, 3.05) is 13.2 Å². The van der Waals surface area contributed by atoms with Gasteiger partial charge in [0.25, 0.3) is 5.56 Å². The van der Waals surface area contributed by atoms with Gasteiger partial charge in [-0.15, -0.1) is 5.10 Å². The number of hydrogen-bond acceptors (Lipinski definition) is 7. The van der Waals surface area contributed by atoms with Crippen molar-refractivity contribution in [2.24, 2.45) is 5.92 Å². The molecule has 1 heterocycles. The standard InChI is InChI=1S/C16H17ClN2O4S.C3H4N2O2/c17-13-3-1-2-4-14(13)24(21,22)12-6-5-11(9-12)10-23-16-8-7-15(20)18-19-16;4-1-2-5-3(6)7/h1-4,7-8,11-12H,5-6,9-10H2,(H,18,20);5H,2H2,(H,6,7)/t11-,12+;/m1./s1. The Balaban J connectivity index is 0.000000423. The maximum Gasteiger partial charge on any atom is 0.405 e. The Morgan fingerprint density at radius 1 is 1.32 bits per heavy atom. The zero-order valence-corrected chi connectivity index (χ0v) is 17.9. The first-order valence-corrected chi connectivity index (χ1v) is 11.2. The minimum absolute atomic E-state index is 0.126. The summed E-state index contributed by atoms with van der Waals surface area (Å²) in [6.07, 6.45) is 0.705. The number of benzene rings is 1. The lowest BCUT2D eigenvalue weighted by molar-refractivity contribution is 0.196. The van der Waals surface area contributed by atoms with Crippen LogP contribution >= 0.6 is 11.6 Å². The number of halogens is 1. The smallest absolute Gasteiger partial charge is 0.405 e. The normalized spacial score (nSPS) is 17.7. The first-order chi connectivity index (χ1) is 14.7. The van der Waals surface area contributed by atoms with Gasteiger partial charge in [0.1, 0.15) is 6.54 Å². The number of H-pyrrole nitrogens is 1. The lowest BCUT2D eigenvalue weighted by Gasteiger charge is -2.14. The molecule has 0 saturated heterocycles. The molecule has 10 nitrogen and oxygen atoms in total. The molecule has 0 spiro atoms. The molecule has 1 aliphatic rings. The Morgan fingerprint density at radius 3 is 2.65 bits per heavy atom. The topological polar surface area (TPSA) is 162 Å². The maximum atomic E-state index is 12.7. The number of hydrogen-bond donors (Lipinski definition) is 3. The number of nitrogens with zero attached hydrogens (tertiary/aromatic N) is 2. The van der Waals surface area contributed by atoms with Crippen molar-refractivity contribution < 1.29 is 23.1 Å². The molecule has 0 aliphatic heterocycles. The number of ether oxygens (including phenoxy) is 1. The van der Waals surface area contributed by atoms with Gasteiger partial charge in [-0.3, -0.25) is 4.79 Å². The summed E-state index contributed by atoms with van der Waals surface area (Å²) < 4.78 is 31.0. The van der Waals surface area contributed by atoms with Crippen LogP contribution in [0.3, 0.4) is 0 Å². The fraction of sp³-hybridized carbons (Fsp3) is 0.368. The Hall–Kier alpha value is -3.10. The van der Waals surface area contributed by atoms with Crippen LogP contribution in [-0.2, 0) is 9.84 Å². The molecule has 2 atom stereocenters. The highest BCUT2D eigenvalue weighted by Crippen LogP contribution is 2.36. The third-order valence-electron chi connectivity index (χ3n) is 4.51. The molecule has 1 aliphatic carbocycles. The molecule has 1 saturated carbocycles. The summed E-state index contributed by atoms with van der Waals surface area (Å²) in [6, 6.07) is 11.0. The molecule has 1 aromatic carbocycles. The van der Waals surface area contributed by atoms with E-state index in [0.29, 0.717) is 25.3 Å². The Labute approximate surface area is 183 Å². The van der Waals surface area contributed by atoms with Gasteiger partial charge in [0, 0.05) is 12.1 Å². The highest BCUT2D eigenvalue weighted by Gasteiger charge is 2.36. The minimum Gasteiger partial charge on any atom is -0.476 e. The fourth-order valence-corrected chi connectivity index (χ4v) is 5.45. The van der Waals surface area contributed by atoms with E-state index in [0.717, 1.165) is 6.42 Å². The zero-order valence-electron chi connectivity index (χ0n) is 16.3. The van der Waals surface area contributed by atoms with E-state index >= 15 is 0 Å². The number of aromatic nitrogens is 2. The molecule has 3 rings (SSSR count). The van der Waals surface area contributed by atoms with Crippen molar-refractivity contribution >= 4 is 27.5 Å². The maximum absolute atomic E-state index is 12.7. The van der Waals surface area contributed by atoms with E-state index in [4.69, 9.17) is 26.7 Å². The van der Waals surface area contributed by atoms with Crippen LogP contribution in [0.25, 0.3) is 0 Å². The monoisotopic (exact) mass is 468 g/mol. The zero-order chi connectivity index (χ0) is 22.9. The lowest BCUT2D eigenvalue weighted by Crippen LogP contribution is -2.20. The first-order valence-electron chi connectivity index (χ1n) is 9.24. The lowest BCUT2D eigenvalue weighted by atomic mass is 10.1. The van der Waals surface area contributed by atoms with Crippen molar-refractivity contribution in [3.8, 4) is 11.9 Å². The second-order valence-corrected chi connectivity index (χ2v) is 9.27. The Kier molecular flexibility index (Phi) is 8.84. The van der Waals surface area contributed by atoms with E-state index in [2.05, 4.69) is 10.2 Å². The van der Waals surface area contributed by atoms with Gasteiger partial charge in [-0.05, 0) is 37.3 Å². The van der Waals surface area contributed by atoms with Crippen LogP contribution < -0.4 is 15.6 Å². The van der Waals surface area contributed by atoms with Crippen LogP contribution in [0.1, 0.15) is 19.3 Å². The predicted octanol–water partition coefficient (Wildman–Crippen LogP) is 2.22. The van der Waals surface area contributed by atoms with Crippen molar-refractivity contribution in [2.45, 2.75) is 29.4 Å². The average Bonchev–Trinajstić information content (AvgIpc) is 3.22.